The van der Waals surface area contributed by atoms with Gasteiger partial charge in [-0.2, -0.15) is 0 Å². The number of halogens is 1. The molecule has 30 heavy (non-hydrogen) atoms. The summed E-state index contributed by atoms with van der Waals surface area (Å²) >= 11 is 5.98. The molecule has 0 aliphatic carbocycles. The van der Waals surface area contributed by atoms with Crippen molar-refractivity contribution in [1.82, 2.24) is 10.2 Å². The molecule has 1 N–H and O–H groups in total. The Kier molecular flexibility index (Phi) is 7.75. The summed E-state index contributed by atoms with van der Waals surface area (Å²) in [6.45, 7) is 5.39. The van der Waals surface area contributed by atoms with Crippen LogP contribution in [0.2, 0.25) is 5.02 Å². The largest absolute Gasteiger partial charge is 0.445 e. The highest BCUT2D eigenvalue weighted by molar-refractivity contribution is 6.30. The molecule has 1 aliphatic heterocycles. The summed E-state index contributed by atoms with van der Waals surface area (Å²) in [6.07, 6.45) is 1.23. The molecule has 1 aliphatic rings. The predicted molar refractivity (Wildman–Crippen MR) is 118 cm³/mol. The number of piperidine rings is 1. The molecule has 1 fully saturated rings. The van der Waals surface area contributed by atoms with Crippen LogP contribution in [0.5, 0.6) is 0 Å². The second kappa shape index (κ2) is 10.5. The highest BCUT2D eigenvalue weighted by Gasteiger charge is 2.31. The minimum Gasteiger partial charge on any atom is -0.445 e. The van der Waals surface area contributed by atoms with Crippen LogP contribution in [-0.2, 0) is 16.1 Å². The topological polar surface area (TPSA) is 58.6 Å². The van der Waals surface area contributed by atoms with Gasteiger partial charge in [0.2, 0.25) is 5.91 Å². The molecule has 2 aromatic carbocycles. The molecular formula is C24H29ClN2O3. The quantitative estimate of drug-likeness (QED) is 0.704. The third-order valence-electron chi connectivity index (χ3n) is 5.57. The van der Waals surface area contributed by atoms with E-state index in [4.69, 9.17) is 16.3 Å². The van der Waals surface area contributed by atoms with Crippen molar-refractivity contribution in [2.75, 3.05) is 13.1 Å². The van der Waals surface area contributed by atoms with Crippen LogP contribution < -0.4 is 5.32 Å². The number of nitrogens with one attached hydrogen (secondary N) is 1. The van der Waals surface area contributed by atoms with Gasteiger partial charge in [-0.05, 0) is 47.9 Å². The normalized spacial score (nSPS) is 15.7. The zero-order chi connectivity index (χ0) is 21.5. The SMILES string of the molecule is CC(C)C(NC(=O)OCc1ccccc1)C(=O)N1CCC(c2ccc(Cl)cc2)CC1. The number of hydrogen-bond acceptors (Lipinski definition) is 3. The van der Waals surface area contributed by atoms with Gasteiger partial charge in [0.05, 0.1) is 0 Å². The number of amides is 2. The van der Waals surface area contributed by atoms with Crippen molar-refractivity contribution < 1.29 is 14.3 Å². The van der Waals surface area contributed by atoms with E-state index in [1.807, 2.05) is 61.2 Å². The molecule has 1 saturated heterocycles. The van der Waals surface area contributed by atoms with Crippen LogP contribution in [0, 0.1) is 5.92 Å². The summed E-state index contributed by atoms with van der Waals surface area (Å²) in [5.74, 6) is 0.347. The van der Waals surface area contributed by atoms with Crippen molar-refractivity contribution in [2.45, 2.75) is 45.3 Å². The van der Waals surface area contributed by atoms with E-state index in [1.54, 1.807) is 0 Å². The van der Waals surface area contributed by atoms with Gasteiger partial charge >= 0.3 is 6.09 Å². The molecular weight excluding hydrogens is 400 g/mol. The zero-order valence-corrected chi connectivity index (χ0v) is 18.3. The maximum atomic E-state index is 13.1. The Balaban J connectivity index is 1.52. The average molecular weight is 429 g/mol. The number of benzene rings is 2. The van der Waals surface area contributed by atoms with Gasteiger partial charge in [-0.3, -0.25) is 4.79 Å². The number of ether oxygens (including phenoxy) is 1. The average Bonchev–Trinajstić information content (AvgIpc) is 2.77. The Morgan fingerprint density at radius 1 is 1.07 bits per heavy atom. The smallest absolute Gasteiger partial charge is 0.408 e. The van der Waals surface area contributed by atoms with Gasteiger partial charge in [-0.25, -0.2) is 4.79 Å². The fourth-order valence-electron chi connectivity index (χ4n) is 3.77. The Morgan fingerprint density at radius 2 is 1.70 bits per heavy atom. The van der Waals surface area contributed by atoms with Crippen molar-refractivity contribution in [3.8, 4) is 0 Å². The van der Waals surface area contributed by atoms with Gasteiger partial charge in [-0.15, -0.1) is 0 Å². The third kappa shape index (κ3) is 5.99. The first-order valence-corrected chi connectivity index (χ1v) is 10.8. The lowest BCUT2D eigenvalue weighted by atomic mass is 9.89. The maximum Gasteiger partial charge on any atom is 0.408 e. The number of carbonyl (C=O) groups is 2. The lowest BCUT2D eigenvalue weighted by Gasteiger charge is -2.35. The van der Waals surface area contributed by atoms with Crippen molar-refractivity contribution in [3.63, 3.8) is 0 Å². The highest BCUT2D eigenvalue weighted by Crippen LogP contribution is 2.29. The summed E-state index contributed by atoms with van der Waals surface area (Å²) in [7, 11) is 0. The Hall–Kier alpha value is -2.53. The number of alkyl carbamates (subject to hydrolysis) is 1. The fourth-order valence-corrected chi connectivity index (χ4v) is 3.90. The van der Waals surface area contributed by atoms with E-state index in [2.05, 4.69) is 17.4 Å². The summed E-state index contributed by atoms with van der Waals surface area (Å²) in [5, 5.41) is 3.50. The van der Waals surface area contributed by atoms with Crippen molar-refractivity contribution in [1.29, 1.82) is 0 Å². The van der Waals surface area contributed by atoms with Crippen LogP contribution in [0.4, 0.5) is 4.79 Å². The van der Waals surface area contributed by atoms with Crippen LogP contribution >= 0.6 is 11.6 Å². The number of rotatable bonds is 6. The minimum absolute atomic E-state index is 0.0317. The lowest BCUT2D eigenvalue weighted by molar-refractivity contribution is -0.135. The summed E-state index contributed by atoms with van der Waals surface area (Å²) in [5.41, 5.74) is 2.17. The monoisotopic (exact) mass is 428 g/mol. The predicted octanol–water partition coefficient (Wildman–Crippen LogP) is 5.00. The van der Waals surface area contributed by atoms with Crippen molar-refractivity contribution in [2.24, 2.45) is 5.92 Å². The first-order valence-electron chi connectivity index (χ1n) is 10.5. The Morgan fingerprint density at radius 3 is 2.30 bits per heavy atom. The molecule has 1 atom stereocenters. The van der Waals surface area contributed by atoms with E-state index in [0.717, 1.165) is 23.4 Å². The van der Waals surface area contributed by atoms with E-state index in [0.29, 0.717) is 19.0 Å². The fraction of sp³-hybridized carbons (Fsp3) is 0.417. The van der Waals surface area contributed by atoms with Crippen molar-refractivity contribution in [3.05, 3.63) is 70.7 Å². The molecule has 0 spiro atoms. The molecule has 0 saturated carbocycles. The van der Waals surface area contributed by atoms with E-state index >= 15 is 0 Å². The molecule has 0 aromatic heterocycles. The molecule has 3 rings (SSSR count). The molecule has 6 heteroatoms. The summed E-state index contributed by atoms with van der Waals surface area (Å²) in [4.78, 5) is 27.2. The van der Waals surface area contributed by atoms with E-state index in [9.17, 15) is 9.59 Å². The Labute approximate surface area is 183 Å². The standard InChI is InChI=1S/C24H29ClN2O3/c1-17(2)22(26-24(29)30-16-18-6-4-3-5-7-18)23(28)27-14-12-20(13-15-27)19-8-10-21(25)11-9-19/h3-11,17,20,22H,12-16H2,1-2H3,(H,26,29). The van der Waals surface area contributed by atoms with E-state index in [1.165, 1.54) is 5.56 Å². The second-order valence-corrected chi connectivity index (χ2v) is 8.52. The maximum absolute atomic E-state index is 13.1. The van der Waals surface area contributed by atoms with Crippen LogP contribution in [-0.4, -0.2) is 36.0 Å². The molecule has 1 heterocycles. The first kappa shape index (κ1) is 22.2. The van der Waals surface area contributed by atoms with Crippen molar-refractivity contribution >= 4 is 23.6 Å². The zero-order valence-electron chi connectivity index (χ0n) is 17.5. The number of nitrogens with zero attached hydrogens (tertiary/aromatic N) is 1. The molecule has 0 bridgehead atoms. The van der Waals surface area contributed by atoms with Gasteiger partial charge in [0, 0.05) is 18.1 Å². The van der Waals surface area contributed by atoms with Crippen LogP contribution in [0.25, 0.3) is 0 Å². The molecule has 0 radical (unpaired) electrons. The van der Waals surface area contributed by atoms with E-state index < -0.39 is 12.1 Å². The van der Waals surface area contributed by atoms with Gasteiger partial charge < -0.3 is 15.0 Å². The van der Waals surface area contributed by atoms with Crippen LogP contribution in [0.15, 0.2) is 54.6 Å². The first-order chi connectivity index (χ1) is 14.4. The molecule has 2 amide bonds. The highest BCUT2D eigenvalue weighted by atomic mass is 35.5. The van der Waals surface area contributed by atoms with Crippen LogP contribution in [0.1, 0.15) is 43.7 Å². The summed E-state index contributed by atoms with van der Waals surface area (Å²) in [6, 6.07) is 16.8. The van der Waals surface area contributed by atoms with Crippen LogP contribution in [0.3, 0.4) is 0 Å². The molecule has 160 valence electrons. The lowest BCUT2D eigenvalue weighted by Crippen LogP contribution is -2.52. The number of likely N-dealkylation sites (tertiary alicyclic amines) is 1. The van der Waals surface area contributed by atoms with Gasteiger partial charge in [-0.1, -0.05) is 67.9 Å². The minimum atomic E-state index is -0.597. The number of carbonyl (C=O) groups excluding carboxylic acids is 2. The van der Waals surface area contributed by atoms with E-state index in [-0.39, 0.29) is 18.4 Å². The van der Waals surface area contributed by atoms with Gasteiger partial charge in [0.15, 0.2) is 0 Å². The van der Waals surface area contributed by atoms with Gasteiger partial charge in [0.1, 0.15) is 12.6 Å². The second-order valence-electron chi connectivity index (χ2n) is 8.08. The molecule has 5 nitrogen and oxygen atoms in total. The molecule has 2 aromatic rings. The molecule has 1 unspecified atom stereocenters. The Bertz CT molecular complexity index is 831. The van der Waals surface area contributed by atoms with Gasteiger partial charge in [0.25, 0.3) is 0 Å². The third-order valence-corrected chi connectivity index (χ3v) is 5.82. The summed E-state index contributed by atoms with van der Waals surface area (Å²) < 4.78 is 5.30. The number of hydrogen-bond donors (Lipinski definition) is 1.